The number of nitrogens with zero attached hydrogens (tertiary/aromatic N) is 3. The Morgan fingerprint density at radius 1 is 1.12 bits per heavy atom. The Morgan fingerprint density at radius 2 is 1.94 bits per heavy atom. The molecular weight excluding hydrogens is 420 g/mol. The van der Waals surface area contributed by atoms with Crippen LogP contribution in [0, 0.1) is 0 Å². The van der Waals surface area contributed by atoms with Crippen molar-refractivity contribution in [2.75, 3.05) is 13.7 Å². The predicted octanol–water partition coefficient (Wildman–Crippen LogP) is 3.39. The number of aryl methyl sites for hydroxylation is 2. The summed E-state index contributed by atoms with van der Waals surface area (Å²) in [5, 5.41) is 8.96. The van der Waals surface area contributed by atoms with E-state index in [-0.39, 0.29) is 11.5 Å². The molecule has 8 nitrogen and oxygen atoms in total. The Morgan fingerprint density at radius 3 is 2.73 bits per heavy atom. The van der Waals surface area contributed by atoms with E-state index in [1.165, 1.54) is 4.68 Å². The lowest BCUT2D eigenvalue weighted by molar-refractivity contribution is -0.121. The molecule has 0 saturated heterocycles. The summed E-state index contributed by atoms with van der Waals surface area (Å²) in [7, 11) is 3.25. The van der Waals surface area contributed by atoms with Gasteiger partial charge in [-0.15, -0.1) is 0 Å². The fraction of sp³-hybridized carbons (Fsp3) is 0.320. The molecule has 33 heavy (non-hydrogen) atoms. The summed E-state index contributed by atoms with van der Waals surface area (Å²) in [6.07, 6.45) is 2.69. The average Bonchev–Trinajstić information content (AvgIpc) is 3.15. The Hall–Kier alpha value is -3.81. The highest BCUT2D eigenvalue weighted by molar-refractivity contribution is 6.07. The predicted molar refractivity (Wildman–Crippen MR) is 128 cm³/mol. The molecule has 1 N–H and O–H groups in total. The Balaban J connectivity index is 1.43. The highest BCUT2D eigenvalue weighted by Gasteiger charge is 2.15. The van der Waals surface area contributed by atoms with E-state index >= 15 is 0 Å². The fourth-order valence-corrected chi connectivity index (χ4v) is 4.06. The molecule has 0 aliphatic carbocycles. The number of rotatable bonds is 9. The van der Waals surface area contributed by atoms with Crippen molar-refractivity contribution >= 4 is 27.7 Å². The Kier molecular flexibility index (Phi) is 6.63. The molecule has 0 aliphatic heterocycles. The second kappa shape index (κ2) is 9.77. The second-order valence-corrected chi connectivity index (χ2v) is 7.80. The summed E-state index contributed by atoms with van der Waals surface area (Å²) in [4.78, 5) is 25.3. The molecule has 4 aromatic rings. The van der Waals surface area contributed by atoms with Crippen molar-refractivity contribution in [2.45, 2.75) is 32.9 Å². The number of benzene rings is 2. The lowest BCUT2D eigenvalue weighted by Crippen LogP contribution is -2.23. The Bertz CT molecular complexity index is 1360. The number of aromatic nitrogens is 3. The summed E-state index contributed by atoms with van der Waals surface area (Å²) in [5.74, 6) is 1.28. The van der Waals surface area contributed by atoms with Crippen molar-refractivity contribution in [1.82, 2.24) is 19.7 Å². The molecule has 2 heterocycles. The highest BCUT2D eigenvalue weighted by atomic mass is 16.5. The van der Waals surface area contributed by atoms with Crippen LogP contribution in [0.5, 0.6) is 11.5 Å². The SMILES string of the molecule is CCOc1cc(CNC(=O)CCCn2c3ccccc3c3cnn(C)c(=O)c32)ccc1OC. The first-order valence-electron chi connectivity index (χ1n) is 11.0. The van der Waals surface area contributed by atoms with Crippen LogP contribution in [0.25, 0.3) is 21.8 Å². The first-order chi connectivity index (χ1) is 16.0. The number of nitrogens with one attached hydrogen (secondary N) is 1. The zero-order chi connectivity index (χ0) is 23.4. The minimum absolute atomic E-state index is 0.0425. The third-order valence-corrected chi connectivity index (χ3v) is 5.67. The number of carbonyl (C=O) groups excluding carboxylic acids is 1. The minimum Gasteiger partial charge on any atom is -0.493 e. The lowest BCUT2D eigenvalue weighted by atomic mass is 10.2. The molecule has 0 unspecified atom stereocenters. The summed E-state index contributed by atoms with van der Waals surface area (Å²) in [6.45, 7) is 3.42. The van der Waals surface area contributed by atoms with Gasteiger partial charge in [0.05, 0.1) is 19.9 Å². The topological polar surface area (TPSA) is 87.4 Å². The number of ether oxygens (including phenoxy) is 2. The molecule has 0 aliphatic rings. The zero-order valence-electron chi connectivity index (χ0n) is 19.1. The summed E-state index contributed by atoms with van der Waals surface area (Å²) in [6, 6.07) is 13.5. The maximum Gasteiger partial charge on any atom is 0.291 e. The molecule has 0 atom stereocenters. The smallest absolute Gasteiger partial charge is 0.291 e. The molecule has 0 saturated carbocycles. The van der Waals surface area contributed by atoms with Gasteiger partial charge < -0.3 is 19.4 Å². The normalized spacial score (nSPS) is 11.1. The summed E-state index contributed by atoms with van der Waals surface area (Å²) >= 11 is 0. The van der Waals surface area contributed by atoms with Crippen LogP contribution in [-0.4, -0.2) is 34.0 Å². The maximum absolute atomic E-state index is 12.8. The van der Waals surface area contributed by atoms with Crippen LogP contribution in [0.3, 0.4) is 0 Å². The molecule has 0 radical (unpaired) electrons. The van der Waals surface area contributed by atoms with Gasteiger partial charge in [-0.1, -0.05) is 24.3 Å². The van der Waals surface area contributed by atoms with Gasteiger partial charge in [-0.3, -0.25) is 9.59 Å². The van der Waals surface area contributed by atoms with Gasteiger partial charge in [0.1, 0.15) is 5.52 Å². The first-order valence-corrected chi connectivity index (χ1v) is 11.0. The van der Waals surface area contributed by atoms with Crippen molar-refractivity contribution in [2.24, 2.45) is 7.05 Å². The fourth-order valence-electron chi connectivity index (χ4n) is 4.06. The van der Waals surface area contributed by atoms with E-state index in [1.54, 1.807) is 20.4 Å². The highest BCUT2D eigenvalue weighted by Crippen LogP contribution is 2.28. The van der Waals surface area contributed by atoms with Gasteiger partial charge in [0.2, 0.25) is 5.91 Å². The van der Waals surface area contributed by atoms with Crippen molar-refractivity contribution < 1.29 is 14.3 Å². The molecule has 0 fully saturated rings. The van der Waals surface area contributed by atoms with Crippen LogP contribution >= 0.6 is 0 Å². The van der Waals surface area contributed by atoms with Crippen molar-refractivity contribution in [3.8, 4) is 11.5 Å². The molecule has 8 heteroatoms. The van der Waals surface area contributed by atoms with E-state index in [4.69, 9.17) is 9.47 Å². The van der Waals surface area contributed by atoms with Crippen LogP contribution < -0.4 is 20.3 Å². The molecule has 1 amide bonds. The third-order valence-electron chi connectivity index (χ3n) is 5.67. The zero-order valence-corrected chi connectivity index (χ0v) is 19.1. The molecular formula is C25H28N4O4. The number of methoxy groups -OCH3 is 1. The molecule has 2 aromatic carbocycles. The van der Waals surface area contributed by atoms with E-state index < -0.39 is 0 Å². The van der Waals surface area contributed by atoms with E-state index in [0.717, 1.165) is 21.9 Å². The number of fused-ring (bicyclic) bond motifs is 3. The number of hydrogen-bond donors (Lipinski definition) is 1. The minimum atomic E-state index is -0.141. The quantitative estimate of drug-likeness (QED) is 0.424. The van der Waals surface area contributed by atoms with E-state index in [9.17, 15) is 9.59 Å². The second-order valence-electron chi connectivity index (χ2n) is 7.80. The largest absolute Gasteiger partial charge is 0.493 e. The monoisotopic (exact) mass is 448 g/mol. The molecule has 2 aromatic heterocycles. The van der Waals surface area contributed by atoms with Crippen molar-refractivity contribution in [3.63, 3.8) is 0 Å². The molecule has 172 valence electrons. The molecule has 4 rings (SSSR count). The number of carbonyl (C=O) groups is 1. The number of hydrogen-bond acceptors (Lipinski definition) is 5. The average molecular weight is 449 g/mol. The summed E-state index contributed by atoms with van der Waals surface area (Å²) < 4.78 is 14.2. The van der Waals surface area contributed by atoms with Crippen LogP contribution in [-0.2, 0) is 24.9 Å². The third kappa shape index (κ3) is 4.55. The van der Waals surface area contributed by atoms with Crippen molar-refractivity contribution in [3.05, 3.63) is 64.6 Å². The van der Waals surface area contributed by atoms with Gasteiger partial charge >= 0.3 is 0 Å². The van der Waals surface area contributed by atoms with Crippen LogP contribution in [0.1, 0.15) is 25.3 Å². The summed E-state index contributed by atoms with van der Waals surface area (Å²) in [5.41, 5.74) is 2.39. The van der Waals surface area contributed by atoms with Gasteiger partial charge in [-0.05, 0) is 37.1 Å². The van der Waals surface area contributed by atoms with Gasteiger partial charge in [-0.25, -0.2) is 4.68 Å². The maximum atomic E-state index is 12.8. The van der Waals surface area contributed by atoms with Gasteiger partial charge in [0.15, 0.2) is 11.5 Å². The van der Waals surface area contributed by atoms with Crippen LogP contribution in [0.2, 0.25) is 0 Å². The number of amides is 1. The van der Waals surface area contributed by atoms with Crippen LogP contribution in [0.4, 0.5) is 0 Å². The Labute approximate surface area is 191 Å². The standard InChI is InChI=1S/C25H28N4O4/c1-4-33-22-14-17(11-12-21(22)32-3)15-26-23(30)10-7-13-29-20-9-6-5-8-18(20)19-16-27-28(2)25(31)24(19)29/h5-6,8-9,11-12,14,16H,4,7,10,13,15H2,1-3H3,(H,26,30). The molecule has 0 bridgehead atoms. The first kappa shape index (κ1) is 22.4. The van der Waals surface area contributed by atoms with E-state index in [2.05, 4.69) is 10.4 Å². The number of para-hydroxylation sites is 1. The molecule has 0 spiro atoms. The van der Waals surface area contributed by atoms with Crippen molar-refractivity contribution in [1.29, 1.82) is 0 Å². The van der Waals surface area contributed by atoms with Gasteiger partial charge in [0.25, 0.3) is 5.56 Å². The van der Waals surface area contributed by atoms with E-state index in [1.807, 2.05) is 54.0 Å². The lowest BCUT2D eigenvalue weighted by Gasteiger charge is -2.12. The van der Waals surface area contributed by atoms with Gasteiger partial charge in [0, 0.05) is 42.8 Å². The van der Waals surface area contributed by atoms with Gasteiger partial charge in [-0.2, -0.15) is 5.10 Å². The van der Waals surface area contributed by atoms with E-state index in [0.29, 0.717) is 49.6 Å². The van der Waals surface area contributed by atoms with Crippen LogP contribution in [0.15, 0.2) is 53.5 Å².